The first-order valence-electron chi connectivity index (χ1n) is 9.92. The van der Waals surface area contributed by atoms with Gasteiger partial charge in [-0.05, 0) is 49.1 Å². The minimum absolute atomic E-state index is 0.0759. The molecule has 0 saturated carbocycles. The van der Waals surface area contributed by atoms with Gasteiger partial charge in [-0.25, -0.2) is 0 Å². The fourth-order valence-corrected chi connectivity index (χ4v) is 3.79. The van der Waals surface area contributed by atoms with E-state index in [0.29, 0.717) is 12.3 Å². The van der Waals surface area contributed by atoms with Gasteiger partial charge in [-0.3, -0.25) is 9.69 Å². The summed E-state index contributed by atoms with van der Waals surface area (Å²) < 4.78 is 10.6. The Hall–Kier alpha value is -2.53. The van der Waals surface area contributed by atoms with E-state index in [0.717, 1.165) is 56.1 Å². The number of ether oxygens (including phenoxy) is 2. The van der Waals surface area contributed by atoms with Gasteiger partial charge in [-0.15, -0.1) is 0 Å². The fourth-order valence-electron chi connectivity index (χ4n) is 3.79. The number of carbonyl (C=O) groups is 1. The lowest BCUT2D eigenvalue weighted by molar-refractivity contribution is -0.120. The van der Waals surface area contributed by atoms with Gasteiger partial charge in [0.15, 0.2) is 0 Å². The molecule has 28 heavy (non-hydrogen) atoms. The zero-order valence-electron chi connectivity index (χ0n) is 16.8. The zero-order chi connectivity index (χ0) is 19.8. The Morgan fingerprint density at radius 3 is 2.64 bits per heavy atom. The first kappa shape index (κ1) is 20.2. The molecule has 1 aliphatic heterocycles. The van der Waals surface area contributed by atoms with Crippen LogP contribution in [0.25, 0.3) is 0 Å². The van der Waals surface area contributed by atoms with Gasteiger partial charge in [0.1, 0.15) is 11.5 Å². The van der Waals surface area contributed by atoms with Crippen molar-refractivity contribution in [1.29, 1.82) is 0 Å². The summed E-state index contributed by atoms with van der Waals surface area (Å²) in [6.07, 6.45) is 2.72. The molecule has 5 heteroatoms. The van der Waals surface area contributed by atoms with Gasteiger partial charge in [0, 0.05) is 25.2 Å². The molecule has 1 fully saturated rings. The fraction of sp³-hybridized carbons (Fsp3) is 0.435. The Bertz CT molecular complexity index is 761. The van der Waals surface area contributed by atoms with Crippen molar-refractivity contribution in [1.82, 2.24) is 10.2 Å². The molecular weight excluding hydrogens is 352 g/mol. The molecule has 0 unspecified atom stereocenters. The van der Waals surface area contributed by atoms with Crippen molar-refractivity contribution in [2.75, 3.05) is 33.9 Å². The van der Waals surface area contributed by atoms with Crippen LogP contribution in [0.1, 0.15) is 24.0 Å². The minimum atomic E-state index is 0.0759. The highest BCUT2D eigenvalue weighted by Gasteiger charge is 2.21. The highest BCUT2D eigenvalue weighted by Crippen LogP contribution is 2.23. The maximum Gasteiger partial charge on any atom is 0.224 e. The molecule has 1 saturated heterocycles. The Kier molecular flexibility index (Phi) is 7.31. The number of nitrogens with zero attached hydrogens (tertiary/aromatic N) is 1. The summed E-state index contributed by atoms with van der Waals surface area (Å²) >= 11 is 0. The van der Waals surface area contributed by atoms with Crippen molar-refractivity contribution in [2.45, 2.75) is 25.8 Å². The Labute approximate surface area is 167 Å². The van der Waals surface area contributed by atoms with Crippen LogP contribution in [0.3, 0.4) is 0 Å². The molecule has 0 aliphatic carbocycles. The van der Waals surface area contributed by atoms with Gasteiger partial charge < -0.3 is 14.8 Å². The lowest BCUT2D eigenvalue weighted by Crippen LogP contribution is -2.40. The number of likely N-dealkylation sites (tertiary alicyclic amines) is 1. The molecule has 1 atom stereocenters. The maximum absolute atomic E-state index is 12.3. The van der Waals surface area contributed by atoms with Crippen LogP contribution in [0, 0.1) is 5.92 Å². The third kappa shape index (κ3) is 5.73. The third-order valence-corrected chi connectivity index (χ3v) is 5.30. The van der Waals surface area contributed by atoms with E-state index in [1.54, 1.807) is 14.2 Å². The van der Waals surface area contributed by atoms with Crippen LogP contribution in [-0.4, -0.2) is 44.7 Å². The highest BCUT2D eigenvalue weighted by molar-refractivity contribution is 5.78. The molecule has 0 bridgehead atoms. The van der Waals surface area contributed by atoms with Crippen molar-refractivity contribution in [2.24, 2.45) is 5.92 Å². The normalized spacial score (nSPS) is 17.1. The predicted octanol–water partition coefficient (Wildman–Crippen LogP) is 3.27. The van der Waals surface area contributed by atoms with Crippen LogP contribution < -0.4 is 14.8 Å². The second-order valence-electron chi connectivity index (χ2n) is 7.38. The van der Waals surface area contributed by atoms with E-state index in [4.69, 9.17) is 9.47 Å². The van der Waals surface area contributed by atoms with Gasteiger partial charge in [-0.2, -0.15) is 0 Å². The maximum atomic E-state index is 12.3. The molecule has 2 aromatic rings. The summed E-state index contributed by atoms with van der Waals surface area (Å²) in [5, 5.41) is 3.11. The van der Waals surface area contributed by atoms with Crippen molar-refractivity contribution in [3.05, 3.63) is 59.7 Å². The molecule has 1 N–H and O–H groups in total. The smallest absolute Gasteiger partial charge is 0.224 e. The third-order valence-electron chi connectivity index (χ3n) is 5.30. The molecule has 1 heterocycles. The average Bonchev–Trinajstić information content (AvgIpc) is 2.73. The SMILES string of the molecule is COc1ccc(CC(=O)NC[C@H]2CCCN(Cc3ccccc3OC)C2)cc1. The van der Waals surface area contributed by atoms with E-state index < -0.39 is 0 Å². The Morgan fingerprint density at radius 2 is 1.89 bits per heavy atom. The van der Waals surface area contributed by atoms with Crippen LogP contribution in [0.15, 0.2) is 48.5 Å². The standard InChI is InChI=1S/C23H30N2O3/c1-27-21-11-9-18(10-12-21)14-23(26)24-15-19-6-5-13-25(16-19)17-20-7-3-4-8-22(20)28-2/h3-4,7-12,19H,5-6,13-17H2,1-2H3,(H,24,26)/t19-/m1/s1. The summed E-state index contributed by atoms with van der Waals surface area (Å²) in [5.74, 6) is 2.31. The van der Waals surface area contributed by atoms with Gasteiger partial charge in [-0.1, -0.05) is 30.3 Å². The van der Waals surface area contributed by atoms with Gasteiger partial charge in [0.05, 0.1) is 20.6 Å². The second kappa shape index (κ2) is 10.1. The number of methoxy groups -OCH3 is 2. The number of nitrogens with one attached hydrogen (secondary N) is 1. The molecule has 1 aliphatic rings. The topological polar surface area (TPSA) is 50.8 Å². The summed E-state index contributed by atoms with van der Waals surface area (Å²) in [7, 11) is 3.36. The second-order valence-corrected chi connectivity index (χ2v) is 7.38. The summed E-state index contributed by atoms with van der Waals surface area (Å²) in [4.78, 5) is 14.8. The molecule has 2 aromatic carbocycles. The first-order valence-corrected chi connectivity index (χ1v) is 9.92. The van der Waals surface area contributed by atoms with E-state index in [9.17, 15) is 4.79 Å². The molecule has 5 nitrogen and oxygen atoms in total. The van der Waals surface area contributed by atoms with E-state index in [2.05, 4.69) is 22.3 Å². The number of carbonyl (C=O) groups excluding carboxylic acids is 1. The van der Waals surface area contributed by atoms with Crippen molar-refractivity contribution >= 4 is 5.91 Å². The predicted molar refractivity (Wildman–Crippen MR) is 111 cm³/mol. The Balaban J connectivity index is 1.46. The van der Waals surface area contributed by atoms with Crippen LogP contribution in [0.5, 0.6) is 11.5 Å². The van der Waals surface area contributed by atoms with E-state index >= 15 is 0 Å². The Morgan fingerprint density at radius 1 is 1.11 bits per heavy atom. The van der Waals surface area contributed by atoms with Gasteiger partial charge >= 0.3 is 0 Å². The van der Waals surface area contributed by atoms with Crippen LogP contribution in [-0.2, 0) is 17.8 Å². The molecule has 0 spiro atoms. The van der Waals surface area contributed by atoms with Crippen molar-refractivity contribution in [3.63, 3.8) is 0 Å². The number of hydrogen-bond donors (Lipinski definition) is 1. The number of benzene rings is 2. The van der Waals surface area contributed by atoms with Crippen LogP contribution in [0.2, 0.25) is 0 Å². The summed E-state index contributed by atoms with van der Waals surface area (Å²) in [6, 6.07) is 15.8. The molecule has 0 aromatic heterocycles. The van der Waals surface area contributed by atoms with E-state index in [-0.39, 0.29) is 5.91 Å². The monoisotopic (exact) mass is 382 g/mol. The van der Waals surface area contributed by atoms with Gasteiger partial charge in [0.2, 0.25) is 5.91 Å². The number of rotatable bonds is 8. The zero-order valence-corrected chi connectivity index (χ0v) is 16.8. The number of piperidine rings is 1. The van der Waals surface area contributed by atoms with Crippen molar-refractivity contribution < 1.29 is 14.3 Å². The number of hydrogen-bond acceptors (Lipinski definition) is 4. The van der Waals surface area contributed by atoms with Crippen molar-refractivity contribution in [3.8, 4) is 11.5 Å². The lowest BCUT2D eigenvalue weighted by atomic mass is 9.97. The minimum Gasteiger partial charge on any atom is -0.497 e. The van der Waals surface area contributed by atoms with Gasteiger partial charge in [0.25, 0.3) is 0 Å². The molecule has 150 valence electrons. The lowest BCUT2D eigenvalue weighted by Gasteiger charge is -2.33. The quantitative estimate of drug-likeness (QED) is 0.761. The van der Waals surface area contributed by atoms with E-state index in [1.807, 2.05) is 36.4 Å². The molecular formula is C23H30N2O3. The number of amides is 1. The molecule has 0 radical (unpaired) electrons. The summed E-state index contributed by atoms with van der Waals surface area (Å²) in [6.45, 7) is 3.72. The largest absolute Gasteiger partial charge is 0.497 e. The first-order chi connectivity index (χ1) is 13.7. The molecule has 3 rings (SSSR count). The summed E-state index contributed by atoms with van der Waals surface area (Å²) in [5.41, 5.74) is 2.22. The number of para-hydroxylation sites is 1. The van der Waals surface area contributed by atoms with Crippen LogP contribution >= 0.6 is 0 Å². The molecule has 1 amide bonds. The average molecular weight is 383 g/mol. The van der Waals surface area contributed by atoms with Crippen LogP contribution in [0.4, 0.5) is 0 Å². The van der Waals surface area contributed by atoms with E-state index in [1.165, 1.54) is 5.56 Å². The highest BCUT2D eigenvalue weighted by atomic mass is 16.5.